The lowest BCUT2D eigenvalue weighted by Gasteiger charge is -2.29. The average Bonchev–Trinajstić information content (AvgIpc) is 2.72. The van der Waals surface area contributed by atoms with Crippen molar-refractivity contribution in [1.82, 2.24) is 5.32 Å². The van der Waals surface area contributed by atoms with Crippen LogP contribution in [0.25, 0.3) is 10.8 Å². The maximum absolute atomic E-state index is 11.7. The maximum atomic E-state index is 11.7. The Morgan fingerprint density at radius 3 is 2.59 bits per heavy atom. The lowest BCUT2D eigenvalue weighted by atomic mass is 9.81. The Hall–Kier alpha value is -3.30. The van der Waals surface area contributed by atoms with Crippen molar-refractivity contribution in [2.75, 3.05) is 7.11 Å². The number of carbonyl (C=O) groups is 1. The van der Waals surface area contributed by atoms with Gasteiger partial charge in [-0.2, -0.15) is 5.26 Å². The fraction of sp³-hybridized carbons (Fsp3) is 0.130. The second kappa shape index (κ2) is 7.61. The number of amides is 1. The molecular weight excluding hydrogens is 432 g/mol. The van der Waals surface area contributed by atoms with Gasteiger partial charge in [-0.3, -0.25) is 10.1 Å². The summed E-state index contributed by atoms with van der Waals surface area (Å²) in [5, 5.41) is 14.7. The number of carbonyl (C=O) groups excluding carboxylic acids is 1. The minimum atomic E-state index is -0.388. The molecule has 0 fully saturated rings. The molecule has 4 rings (SSSR count). The van der Waals surface area contributed by atoms with E-state index in [1.165, 1.54) is 6.92 Å². The minimum Gasteiger partial charge on any atom is -0.497 e. The number of halogens is 1. The molecule has 1 unspecified atom stereocenters. The lowest BCUT2D eigenvalue weighted by Crippen LogP contribution is -2.29. The van der Waals surface area contributed by atoms with E-state index in [4.69, 9.17) is 9.47 Å². The van der Waals surface area contributed by atoms with E-state index < -0.39 is 0 Å². The van der Waals surface area contributed by atoms with E-state index in [9.17, 15) is 10.1 Å². The fourth-order valence-corrected chi connectivity index (χ4v) is 4.01. The summed E-state index contributed by atoms with van der Waals surface area (Å²) in [4.78, 5) is 11.7. The van der Waals surface area contributed by atoms with Crippen LogP contribution in [0.2, 0.25) is 0 Å². The molecule has 0 spiro atoms. The highest BCUT2D eigenvalue weighted by Crippen LogP contribution is 2.46. The van der Waals surface area contributed by atoms with Crippen LogP contribution in [-0.4, -0.2) is 13.0 Å². The number of methoxy groups -OCH3 is 1. The molecule has 6 heteroatoms. The van der Waals surface area contributed by atoms with Crippen molar-refractivity contribution in [3.05, 3.63) is 81.7 Å². The first kappa shape index (κ1) is 19.0. The van der Waals surface area contributed by atoms with Gasteiger partial charge in [0.1, 0.15) is 23.1 Å². The first-order valence-corrected chi connectivity index (χ1v) is 9.77. The van der Waals surface area contributed by atoms with Crippen LogP contribution in [0.1, 0.15) is 24.0 Å². The third-order valence-electron chi connectivity index (χ3n) is 4.88. The van der Waals surface area contributed by atoms with Gasteiger partial charge in [0.15, 0.2) is 0 Å². The quantitative estimate of drug-likeness (QED) is 0.611. The zero-order valence-corrected chi connectivity index (χ0v) is 17.4. The zero-order valence-electron chi connectivity index (χ0n) is 15.8. The van der Waals surface area contributed by atoms with E-state index in [0.717, 1.165) is 32.1 Å². The van der Waals surface area contributed by atoms with Crippen molar-refractivity contribution in [2.45, 2.75) is 12.8 Å². The summed E-state index contributed by atoms with van der Waals surface area (Å²) in [7, 11) is 1.61. The van der Waals surface area contributed by atoms with E-state index in [-0.39, 0.29) is 17.7 Å². The number of allylic oxidation sites excluding steroid dienone is 1. The van der Waals surface area contributed by atoms with Crippen molar-refractivity contribution < 1.29 is 14.3 Å². The largest absolute Gasteiger partial charge is 0.497 e. The van der Waals surface area contributed by atoms with Crippen LogP contribution >= 0.6 is 15.9 Å². The molecule has 3 aromatic rings. The first-order chi connectivity index (χ1) is 14.0. The van der Waals surface area contributed by atoms with Gasteiger partial charge in [0.2, 0.25) is 11.8 Å². The van der Waals surface area contributed by atoms with Crippen molar-refractivity contribution >= 4 is 32.6 Å². The molecule has 0 aliphatic carbocycles. The number of nitrogens with zero attached hydrogens (tertiary/aromatic N) is 1. The van der Waals surface area contributed by atoms with Crippen molar-refractivity contribution in [2.24, 2.45) is 0 Å². The molecule has 3 aromatic carbocycles. The van der Waals surface area contributed by atoms with Gasteiger partial charge in [0, 0.05) is 17.0 Å². The molecule has 0 bridgehead atoms. The van der Waals surface area contributed by atoms with E-state index in [2.05, 4.69) is 27.3 Å². The van der Waals surface area contributed by atoms with Gasteiger partial charge in [0.25, 0.3) is 0 Å². The number of hydrogen-bond donors (Lipinski definition) is 1. The van der Waals surface area contributed by atoms with Gasteiger partial charge >= 0.3 is 0 Å². The second-order valence-electron chi connectivity index (χ2n) is 6.69. The van der Waals surface area contributed by atoms with Crippen LogP contribution in [-0.2, 0) is 4.79 Å². The van der Waals surface area contributed by atoms with E-state index in [1.54, 1.807) is 7.11 Å². The molecule has 1 aliphatic rings. The van der Waals surface area contributed by atoms with E-state index in [0.29, 0.717) is 11.3 Å². The van der Waals surface area contributed by atoms with Crippen LogP contribution < -0.4 is 14.8 Å². The van der Waals surface area contributed by atoms with E-state index in [1.807, 2.05) is 54.6 Å². The Morgan fingerprint density at radius 1 is 1.17 bits per heavy atom. The Balaban J connectivity index is 2.00. The zero-order chi connectivity index (χ0) is 20.5. The number of nitriles is 1. The number of fused-ring (bicyclic) bond motifs is 3. The summed E-state index contributed by atoms with van der Waals surface area (Å²) in [6, 6.07) is 19.7. The van der Waals surface area contributed by atoms with Gasteiger partial charge in [-0.05, 0) is 46.7 Å². The van der Waals surface area contributed by atoms with Crippen LogP contribution in [0.15, 0.2) is 70.5 Å². The fourth-order valence-electron chi connectivity index (χ4n) is 3.63. The Morgan fingerprint density at radius 2 is 1.93 bits per heavy atom. The number of rotatable bonds is 3. The van der Waals surface area contributed by atoms with Crippen LogP contribution in [0.3, 0.4) is 0 Å². The first-order valence-electron chi connectivity index (χ1n) is 8.97. The molecule has 0 saturated heterocycles. The highest BCUT2D eigenvalue weighted by atomic mass is 79.9. The summed E-state index contributed by atoms with van der Waals surface area (Å²) in [6.45, 7) is 1.39. The smallest absolute Gasteiger partial charge is 0.223 e. The molecule has 1 atom stereocenters. The molecule has 1 amide bonds. The highest BCUT2D eigenvalue weighted by molar-refractivity contribution is 9.10. The van der Waals surface area contributed by atoms with Crippen molar-refractivity contribution in [3.8, 4) is 17.6 Å². The van der Waals surface area contributed by atoms with Crippen molar-refractivity contribution in [1.29, 1.82) is 5.26 Å². The third-order valence-corrected chi connectivity index (χ3v) is 5.37. The monoisotopic (exact) mass is 448 g/mol. The molecule has 1 heterocycles. The molecule has 5 nitrogen and oxygen atoms in total. The number of hydrogen-bond acceptors (Lipinski definition) is 4. The predicted molar refractivity (Wildman–Crippen MR) is 114 cm³/mol. The summed E-state index contributed by atoms with van der Waals surface area (Å²) >= 11 is 3.51. The van der Waals surface area contributed by atoms with Gasteiger partial charge in [-0.1, -0.05) is 40.2 Å². The SMILES string of the molecule is COc1ccc(C2C(C#N)=C(NC(C)=O)Oc3ccc4cc(Br)ccc4c32)cc1. The maximum Gasteiger partial charge on any atom is 0.223 e. The van der Waals surface area contributed by atoms with Gasteiger partial charge in [-0.25, -0.2) is 0 Å². The summed E-state index contributed by atoms with van der Waals surface area (Å²) in [6.07, 6.45) is 0. The molecule has 29 heavy (non-hydrogen) atoms. The Labute approximate surface area is 176 Å². The molecule has 0 radical (unpaired) electrons. The summed E-state index contributed by atoms with van der Waals surface area (Å²) in [5.41, 5.74) is 2.16. The molecule has 0 saturated carbocycles. The highest BCUT2D eigenvalue weighted by Gasteiger charge is 2.33. The van der Waals surface area contributed by atoms with Crippen LogP contribution in [0.4, 0.5) is 0 Å². The minimum absolute atomic E-state index is 0.171. The Bertz CT molecular complexity index is 1190. The lowest BCUT2D eigenvalue weighted by molar-refractivity contribution is -0.118. The Kier molecular flexibility index (Phi) is 4.99. The number of ether oxygens (including phenoxy) is 2. The summed E-state index contributed by atoms with van der Waals surface area (Å²) in [5.74, 6) is 0.830. The van der Waals surface area contributed by atoms with Crippen LogP contribution in [0, 0.1) is 11.3 Å². The summed E-state index contributed by atoms with van der Waals surface area (Å²) < 4.78 is 12.2. The van der Waals surface area contributed by atoms with Gasteiger partial charge < -0.3 is 9.47 Å². The molecule has 144 valence electrons. The molecule has 1 aliphatic heterocycles. The molecular formula is C23H17BrN2O3. The number of nitrogens with one attached hydrogen (secondary N) is 1. The van der Waals surface area contributed by atoms with Crippen LogP contribution in [0.5, 0.6) is 11.5 Å². The van der Waals surface area contributed by atoms with E-state index >= 15 is 0 Å². The normalized spacial score (nSPS) is 15.3. The van der Waals surface area contributed by atoms with Gasteiger partial charge in [-0.15, -0.1) is 0 Å². The van der Waals surface area contributed by atoms with Crippen molar-refractivity contribution in [3.63, 3.8) is 0 Å². The topological polar surface area (TPSA) is 71.3 Å². The molecule has 0 aromatic heterocycles. The second-order valence-corrected chi connectivity index (χ2v) is 7.60. The average molecular weight is 449 g/mol. The standard InChI is InChI=1S/C23H17BrN2O3/c1-13(27)26-23-19(12-25)21(14-3-7-17(28-2)8-4-14)22-18-9-6-16(24)11-15(18)5-10-20(22)29-23/h3-11,21H,1-2H3,(H,26,27). The molecule has 1 N–H and O–H groups in total. The third kappa shape index (κ3) is 3.45. The predicted octanol–water partition coefficient (Wildman–Crippen LogP) is 5.01. The number of benzene rings is 3. The van der Waals surface area contributed by atoms with Gasteiger partial charge in [0.05, 0.1) is 13.0 Å².